The number of carbonyl (C=O) groups is 1. The van der Waals surface area contributed by atoms with Gasteiger partial charge < -0.3 is 29.1 Å². The molecule has 0 spiro atoms. The maximum absolute atomic E-state index is 12.5. The van der Waals surface area contributed by atoms with E-state index in [0.717, 1.165) is 6.42 Å². The number of nitrogens with zero attached hydrogens (tertiary/aromatic N) is 3. The Morgan fingerprint density at radius 3 is 2.52 bits per heavy atom. The normalized spacial score (nSPS) is 17.2. The van der Waals surface area contributed by atoms with Crippen LogP contribution < -0.4 is 15.4 Å². The molecule has 1 aromatic heterocycles. The number of benzene rings is 1. The monoisotopic (exact) mass is 479 g/mol. The number of carbonyl (C=O) groups excluding carboxylic acids is 1. The first-order chi connectivity index (χ1) is 16.8. The zero-order chi connectivity index (χ0) is 26.8. The summed E-state index contributed by atoms with van der Waals surface area (Å²) < 4.78 is 41.9. The van der Waals surface area contributed by atoms with Crippen molar-refractivity contribution in [3.63, 3.8) is 0 Å². The Hall–Kier alpha value is -2.10. The molecular weight excluding hydrogens is 436 g/mol. The predicted octanol–water partition coefficient (Wildman–Crippen LogP) is 4.57. The van der Waals surface area contributed by atoms with Gasteiger partial charge in [0.15, 0.2) is 8.32 Å². The van der Waals surface area contributed by atoms with E-state index in [1.807, 2.05) is 4.57 Å². The average molecular weight is 480 g/mol. The van der Waals surface area contributed by atoms with Crippen molar-refractivity contribution in [2.75, 3.05) is 44.0 Å². The Labute approximate surface area is 202 Å². The lowest BCUT2D eigenvalue weighted by Gasteiger charge is -2.42. The lowest BCUT2D eigenvalue weighted by Crippen LogP contribution is -2.48. The Bertz CT molecular complexity index is 1050. The molecule has 8 nitrogen and oxygen atoms in total. The van der Waals surface area contributed by atoms with Crippen molar-refractivity contribution in [2.45, 2.75) is 71.1 Å². The molecule has 1 aliphatic rings. The van der Waals surface area contributed by atoms with Crippen LogP contribution in [0.25, 0.3) is 11.0 Å². The standard InChI is InChI=1S/C24H40N4O4Si/c1-16(2)33(17(3)4,18(5)6)32-11-8-9-28-20-14-22(30-7)21(13-19(20)26-24(28)25)27-10-12-31-15-23(27)29/h13-14,16-18H,8-12,15H2,1-7H3,(H2,25,26)/i7D3. The number of rotatable bonds is 10. The summed E-state index contributed by atoms with van der Waals surface area (Å²) in [5.74, 6) is 0.130. The van der Waals surface area contributed by atoms with Gasteiger partial charge in [0.2, 0.25) is 5.95 Å². The van der Waals surface area contributed by atoms with Crippen LogP contribution in [0.3, 0.4) is 0 Å². The molecule has 1 fully saturated rings. The summed E-state index contributed by atoms with van der Waals surface area (Å²) in [7, 11) is -4.65. The second kappa shape index (κ2) is 10.4. The largest absolute Gasteiger partial charge is 0.494 e. The molecule has 1 aliphatic heterocycles. The summed E-state index contributed by atoms with van der Waals surface area (Å²) in [6, 6.07) is 3.27. The molecule has 3 rings (SSSR count). The zero-order valence-corrected chi connectivity index (χ0v) is 21.7. The van der Waals surface area contributed by atoms with Gasteiger partial charge in [-0.05, 0) is 29.1 Å². The fourth-order valence-corrected chi connectivity index (χ4v) is 10.9. The third-order valence-electron chi connectivity index (χ3n) is 6.83. The third-order valence-corrected chi connectivity index (χ3v) is 12.9. The topological polar surface area (TPSA) is 91.8 Å². The second-order valence-corrected chi connectivity index (χ2v) is 15.1. The van der Waals surface area contributed by atoms with Gasteiger partial charge in [-0.3, -0.25) is 4.79 Å². The Balaban J connectivity index is 1.88. The number of ether oxygens (including phenoxy) is 2. The van der Waals surface area contributed by atoms with Crippen molar-refractivity contribution in [1.29, 1.82) is 0 Å². The minimum Gasteiger partial charge on any atom is -0.494 e. The van der Waals surface area contributed by atoms with Crippen LogP contribution in [0, 0.1) is 0 Å². The van der Waals surface area contributed by atoms with Gasteiger partial charge in [-0.25, -0.2) is 4.98 Å². The van der Waals surface area contributed by atoms with Crippen molar-refractivity contribution in [3.8, 4) is 5.75 Å². The van der Waals surface area contributed by atoms with Crippen molar-refractivity contribution in [1.82, 2.24) is 9.55 Å². The van der Waals surface area contributed by atoms with Gasteiger partial charge in [0.1, 0.15) is 12.4 Å². The van der Waals surface area contributed by atoms with E-state index >= 15 is 0 Å². The molecule has 0 radical (unpaired) electrons. The van der Waals surface area contributed by atoms with E-state index in [9.17, 15) is 4.79 Å². The van der Waals surface area contributed by atoms with Crippen LogP contribution in [-0.2, 0) is 20.5 Å². The van der Waals surface area contributed by atoms with Crippen molar-refractivity contribution >= 4 is 36.9 Å². The van der Waals surface area contributed by atoms with Gasteiger partial charge in [-0.1, -0.05) is 41.5 Å². The molecular formula is C24H40N4O4Si. The van der Waals surface area contributed by atoms with Crippen molar-refractivity contribution in [3.05, 3.63) is 12.1 Å². The van der Waals surface area contributed by atoms with E-state index in [0.29, 0.717) is 65.6 Å². The number of nitrogens with two attached hydrogens (primary N) is 1. The lowest BCUT2D eigenvalue weighted by atomic mass is 10.2. The maximum Gasteiger partial charge on any atom is 0.253 e. The smallest absolute Gasteiger partial charge is 0.253 e. The minimum atomic E-state index is -2.68. The molecule has 1 aromatic carbocycles. The number of hydrogen-bond acceptors (Lipinski definition) is 6. The van der Waals surface area contributed by atoms with Gasteiger partial charge in [-0.15, -0.1) is 0 Å². The summed E-state index contributed by atoms with van der Waals surface area (Å²) in [5.41, 5.74) is 9.32. The quantitative estimate of drug-likeness (QED) is 0.396. The predicted molar refractivity (Wildman–Crippen MR) is 135 cm³/mol. The number of fused-ring (bicyclic) bond motifs is 1. The van der Waals surface area contributed by atoms with Crippen LogP contribution in [0.5, 0.6) is 5.75 Å². The molecule has 0 aliphatic carbocycles. The molecule has 0 bridgehead atoms. The van der Waals surface area contributed by atoms with Gasteiger partial charge in [-0.2, -0.15) is 0 Å². The molecule has 184 valence electrons. The highest BCUT2D eigenvalue weighted by atomic mass is 28.4. The van der Waals surface area contributed by atoms with E-state index in [1.54, 1.807) is 12.1 Å². The van der Waals surface area contributed by atoms with Crippen LogP contribution >= 0.6 is 0 Å². The highest BCUT2D eigenvalue weighted by Gasteiger charge is 2.44. The maximum atomic E-state index is 12.5. The van der Waals surface area contributed by atoms with Crippen LogP contribution in [0.2, 0.25) is 16.6 Å². The number of nitrogen functional groups attached to an aromatic ring is 1. The summed E-state index contributed by atoms with van der Waals surface area (Å²) in [4.78, 5) is 18.4. The van der Waals surface area contributed by atoms with Crippen LogP contribution in [0.15, 0.2) is 12.1 Å². The SMILES string of the molecule is [2H]C([2H])([2H])Oc1cc2c(cc1N1CCOCC1=O)nc(N)n2CCCO[Si](C(C)C)(C(C)C)C(C)C. The average Bonchev–Trinajstić information content (AvgIpc) is 3.06. The molecule has 9 heteroatoms. The van der Waals surface area contributed by atoms with E-state index < -0.39 is 15.4 Å². The van der Waals surface area contributed by atoms with Gasteiger partial charge in [0.05, 0.1) is 34.5 Å². The van der Waals surface area contributed by atoms with E-state index in [2.05, 4.69) is 46.5 Å². The van der Waals surface area contributed by atoms with Crippen LogP contribution in [-0.4, -0.2) is 57.2 Å². The fourth-order valence-electron chi connectivity index (χ4n) is 5.43. The summed E-state index contributed by atoms with van der Waals surface area (Å²) >= 11 is 0. The molecule has 2 heterocycles. The molecule has 0 unspecified atom stereocenters. The Morgan fingerprint density at radius 2 is 1.91 bits per heavy atom. The summed E-state index contributed by atoms with van der Waals surface area (Å²) in [6.45, 7) is 15.3. The molecule has 0 atom stereocenters. The number of aryl methyl sites for hydroxylation is 1. The molecule has 0 saturated carbocycles. The Kier molecular flexibility index (Phi) is 6.78. The van der Waals surface area contributed by atoms with Crippen molar-refractivity contribution < 1.29 is 22.8 Å². The summed E-state index contributed by atoms with van der Waals surface area (Å²) in [6.07, 6.45) is 0.732. The molecule has 2 N–H and O–H groups in total. The number of aromatic nitrogens is 2. The van der Waals surface area contributed by atoms with Crippen LogP contribution in [0.1, 0.15) is 52.1 Å². The third kappa shape index (κ3) is 4.90. The second-order valence-electron chi connectivity index (χ2n) is 9.65. The number of hydrogen-bond donors (Lipinski definition) is 1. The van der Waals surface area contributed by atoms with Crippen molar-refractivity contribution in [2.24, 2.45) is 0 Å². The number of amides is 1. The van der Waals surface area contributed by atoms with E-state index in [4.69, 9.17) is 23.7 Å². The van der Waals surface area contributed by atoms with E-state index in [1.165, 1.54) is 4.90 Å². The summed E-state index contributed by atoms with van der Waals surface area (Å²) in [5, 5.41) is 0. The number of anilines is 2. The van der Waals surface area contributed by atoms with Gasteiger partial charge in [0.25, 0.3) is 5.91 Å². The van der Waals surface area contributed by atoms with E-state index in [-0.39, 0.29) is 18.3 Å². The molecule has 2 aromatic rings. The Morgan fingerprint density at radius 1 is 1.21 bits per heavy atom. The highest BCUT2D eigenvalue weighted by Crippen LogP contribution is 2.42. The minimum absolute atomic E-state index is 0.0737. The first-order valence-corrected chi connectivity index (χ1v) is 13.9. The van der Waals surface area contributed by atoms with Crippen LogP contribution in [0.4, 0.5) is 11.6 Å². The van der Waals surface area contributed by atoms with Gasteiger partial charge in [0, 0.05) is 25.8 Å². The number of methoxy groups -OCH3 is 1. The molecule has 1 saturated heterocycles. The fraction of sp³-hybridized carbons (Fsp3) is 0.667. The first kappa shape index (κ1) is 21.4. The number of morpholine rings is 1. The highest BCUT2D eigenvalue weighted by molar-refractivity contribution is 6.77. The molecule has 33 heavy (non-hydrogen) atoms. The number of imidazole rings is 1. The van der Waals surface area contributed by atoms with Gasteiger partial charge >= 0.3 is 0 Å². The lowest BCUT2D eigenvalue weighted by molar-refractivity contribution is -0.125. The first-order valence-electron chi connectivity index (χ1n) is 13.3. The molecule has 1 amide bonds. The zero-order valence-electron chi connectivity index (χ0n) is 23.7.